The first-order valence-corrected chi connectivity index (χ1v) is 8.09. The van der Waals surface area contributed by atoms with Gasteiger partial charge in [0.15, 0.2) is 6.10 Å². The summed E-state index contributed by atoms with van der Waals surface area (Å²) in [4.78, 5) is 26.4. The van der Waals surface area contributed by atoms with E-state index in [1.807, 2.05) is 17.0 Å². The number of carbonyl (C=O) groups is 2. The number of carbonyl (C=O) groups excluding carboxylic acids is 2. The monoisotopic (exact) mass is 322 g/mol. The maximum atomic E-state index is 12.8. The molecule has 2 aliphatic heterocycles. The highest BCUT2D eigenvalue weighted by atomic mass is 16.5. The van der Waals surface area contributed by atoms with Crippen molar-refractivity contribution >= 4 is 17.5 Å². The van der Waals surface area contributed by atoms with Gasteiger partial charge >= 0.3 is 0 Å². The highest BCUT2D eigenvalue weighted by molar-refractivity contribution is 6.01. The second kappa shape index (κ2) is 5.67. The van der Waals surface area contributed by atoms with Crippen molar-refractivity contribution in [1.29, 1.82) is 0 Å². The topological polar surface area (TPSA) is 58.6 Å². The van der Waals surface area contributed by atoms with Crippen LogP contribution in [-0.2, 0) is 17.8 Å². The van der Waals surface area contributed by atoms with Crippen molar-refractivity contribution in [3.8, 4) is 5.75 Å². The molecular weight excluding hydrogens is 304 g/mol. The van der Waals surface area contributed by atoms with Gasteiger partial charge in [0, 0.05) is 18.7 Å². The average Bonchev–Trinajstić information content (AvgIpc) is 2.61. The molecule has 1 unspecified atom stereocenters. The van der Waals surface area contributed by atoms with Gasteiger partial charge in [-0.1, -0.05) is 24.3 Å². The maximum absolute atomic E-state index is 12.8. The van der Waals surface area contributed by atoms with Crippen LogP contribution in [0.15, 0.2) is 42.5 Å². The first-order valence-electron chi connectivity index (χ1n) is 8.09. The zero-order chi connectivity index (χ0) is 16.7. The molecule has 5 nitrogen and oxygen atoms in total. The van der Waals surface area contributed by atoms with Crippen molar-refractivity contribution in [2.75, 3.05) is 11.9 Å². The van der Waals surface area contributed by atoms with Crippen LogP contribution in [0, 0.1) is 0 Å². The van der Waals surface area contributed by atoms with Gasteiger partial charge in [-0.15, -0.1) is 0 Å². The summed E-state index contributed by atoms with van der Waals surface area (Å²) in [6.45, 7) is 3.02. The number of nitrogens with one attached hydrogen (secondary N) is 1. The molecule has 2 aromatic carbocycles. The first kappa shape index (κ1) is 14.8. The van der Waals surface area contributed by atoms with Crippen molar-refractivity contribution in [2.45, 2.75) is 26.0 Å². The number of anilines is 1. The van der Waals surface area contributed by atoms with Gasteiger partial charge in [-0.05, 0) is 42.7 Å². The molecule has 4 rings (SSSR count). The first-order chi connectivity index (χ1) is 11.6. The lowest BCUT2D eigenvalue weighted by Gasteiger charge is -2.29. The van der Waals surface area contributed by atoms with Crippen LogP contribution in [0.3, 0.4) is 0 Å². The molecule has 2 amide bonds. The molecule has 0 fully saturated rings. The van der Waals surface area contributed by atoms with Crippen LogP contribution in [0.4, 0.5) is 5.69 Å². The highest BCUT2D eigenvalue weighted by Crippen LogP contribution is 2.31. The number of ether oxygens (including phenoxy) is 1. The van der Waals surface area contributed by atoms with E-state index in [9.17, 15) is 9.59 Å². The number of hydrogen-bond donors (Lipinski definition) is 1. The lowest BCUT2D eigenvalue weighted by atomic mass is 9.99. The summed E-state index contributed by atoms with van der Waals surface area (Å²) < 4.78 is 5.53. The van der Waals surface area contributed by atoms with Crippen molar-refractivity contribution in [2.24, 2.45) is 0 Å². The molecule has 0 radical (unpaired) electrons. The Labute approximate surface area is 140 Å². The Kier molecular flexibility index (Phi) is 3.49. The summed E-state index contributed by atoms with van der Waals surface area (Å²) >= 11 is 0. The van der Waals surface area contributed by atoms with Gasteiger partial charge in [0.1, 0.15) is 5.75 Å². The number of fused-ring (bicyclic) bond motifs is 2. The van der Waals surface area contributed by atoms with Crippen LogP contribution < -0.4 is 10.1 Å². The lowest BCUT2D eigenvalue weighted by molar-refractivity contribution is -0.122. The summed E-state index contributed by atoms with van der Waals surface area (Å²) in [5.74, 6) is 0.377. The molecule has 0 aliphatic carbocycles. The second-order valence-electron chi connectivity index (χ2n) is 6.21. The fourth-order valence-corrected chi connectivity index (χ4v) is 3.19. The molecule has 122 valence electrons. The van der Waals surface area contributed by atoms with E-state index < -0.39 is 6.10 Å². The van der Waals surface area contributed by atoms with Gasteiger partial charge in [-0.3, -0.25) is 9.59 Å². The number of amides is 2. The molecule has 0 bridgehead atoms. The largest absolute Gasteiger partial charge is 0.479 e. The normalized spacial score (nSPS) is 19.0. The maximum Gasteiger partial charge on any atom is 0.265 e. The van der Waals surface area contributed by atoms with Gasteiger partial charge in [0.2, 0.25) is 0 Å². The third-order valence-corrected chi connectivity index (χ3v) is 4.58. The van der Waals surface area contributed by atoms with Crippen LogP contribution in [0.5, 0.6) is 5.75 Å². The molecule has 1 N–H and O–H groups in total. The lowest BCUT2D eigenvalue weighted by Crippen LogP contribution is -2.36. The second-order valence-corrected chi connectivity index (χ2v) is 6.21. The zero-order valence-corrected chi connectivity index (χ0v) is 13.4. The predicted molar refractivity (Wildman–Crippen MR) is 90.0 cm³/mol. The number of benzene rings is 2. The third kappa shape index (κ3) is 2.52. The van der Waals surface area contributed by atoms with E-state index in [0.29, 0.717) is 30.1 Å². The minimum absolute atomic E-state index is 0.0276. The Bertz CT molecular complexity index is 831. The Morgan fingerprint density at radius 2 is 2.00 bits per heavy atom. The minimum atomic E-state index is -0.516. The molecule has 2 heterocycles. The Morgan fingerprint density at radius 3 is 2.83 bits per heavy atom. The SMILES string of the molecule is CC1Oc2ccc(C(=O)N3CCc4ccccc4C3)cc2NC1=O. The van der Waals surface area contributed by atoms with Gasteiger partial charge in [0.05, 0.1) is 5.69 Å². The van der Waals surface area contributed by atoms with Crippen LogP contribution >= 0.6 is 0 Å². The molecule has 0 saturated heterocycles. The molecule has 0 aromatic heterocycles. The molecular formula is C19H18N2O3. The van der Waals surface area contributed by atoms with Gasteiger partial charge in [0.25, 0.3) is 11.8 Å². The van der Waals surface area contributed by atoms with Gasteiger partial charge in [-0.25, -0.2) is 0 Å². The van der Waals surface area contributed by atoms with Gasteiger partial charge in [-0.2, -0.15) is 0 Å². The number of hydrogen-bond acceptors (Lipinski definition) is 3. The van der Waals surface area contributed by atoms with Crippen LogP contribution in [0.25, 0.3) is 0 Å². The Morgan fingerprint density at radius 1 is 1.21 bits per heavy atom. The molecule has 0 spiro atoms. The highest BCUT2D eigenvalue weighted by Gasteiger charge is 2.26. The summed E-state index contributed by atoms with van der Waals surface area (Å²) in [5, 5.41) is 2.79. The molecule has 2 aliphatic rings. The summed E-state index contributed by atoms with van der Waals surface area (Å²) in [6.07, 6.45) is 0.349. The quantitative estimate of drug-likeness (QED) is 0.878. The zero-order valence-electron chi connectivity index (χ0n) is 13.4. The van der Waals surface area contributed by atoms with Crippen molar-refractivity contribution in [3.05, 3.63) is 59.2 Å². The van der Waals surface area contributed by atoms with E-state index in [-0.39, 0.29) is 11.8 Å². The van der Waals surface area contributed by atoms with E-state index in [2.05, 4.69) is 17.4 Å². The Hall–Kier alpha value is -2.82. The molecule has 0 saturated carbocycles. The fourth-order valence-electron chi connectivity index (χ4n) is 3.19. The third-order valence-electron chi connectivity index (χ3n) is 4.58. The summed E-state index contributed by atoms with van der Waals surface area (Å²) in [7, 11) is 0. The average molecular weight is 322 g/mol. The summed E-state index contributed by atoms with van der Waals surface area (Å²) in [6, 6.07) is 13.4. The molecule has 5 heteroatoms. The van der Waals surface area contributed by atoms with E-state index in [0.717, 1.165) is 6.42 Å². The van der Waals surface area contributed by atoms with Crippen molar-refractivity contribution < 1.29 is 14.3 Å². The van der Waals surface area contributed by atoms with Crippen molar-refractivity contribution in [3.63, 3.8) is 0 Å². The van der Waals surface area contributed by atoms with E-state index in [4.69, 9.17) is 4.74 Å². The van der Waals surface area contributed by atoms with Crippen molar-refractivity contribution in [1.82, 2.24) is 4.90 Å². The Balaban J connectivity index is 1.58. The minimum Gasteiger partial charge on any atom is -0.479 e. The summed E-state index contributed by atoms with van der Waals surface area (Å²) in [5.41, 5.74) is 3.62. The van der Waals surface area contributed by atoms with Crippen LogP contribution in [0.1, 0.15) is 28.4 Å². The number of nitrogens with zero attached hydrogens (tertiary/aromatic N) is 1. The predicted octanol–water partition coefficient (Wildman–Crippen LogP) is 2.60. The van der Waals surface area contributed by atoms with Crippen LogP contribution in [0.2, 0.25) is 0 Å². The fraction of sp³-hybridized carbons (Fsp3) is 0.263. The standard InChI is InChI=1S/C19H18N2O3/c1-12-18(22)20-16-10-14(6-7-17(16)24-12)19(23)21-9-8-13-4-2-3-5-15(13)11-21/h2-7,10,12H,8-9,11H2,1H3,(H,20,22). The number of rotatable bonds is 1. The van der Waals surface area contributed by atoms with E-state index >= 15 is 0 Å². The van der Waals surface area contributed by atoms with E-state index in [1.54, 1.807) is 25.1 Å². The molecule has 2 aromatic rings. The van der Waals surface area contributed by atoms with Crippen LogP contribution in [-0.4, -0.2) is 29.4 Å². The molecule has 1 atom stereocenters. The van der Waals surface area contributed by atoms with E-state index in [1.165, 1.54) is 11.1 Å². The van der Waals surface area contributed by atoms with Gasteiger partial charge < -0.3 is 15.0 Å². The smallest absolute Gasteiger partial charge is 0.265 e. The molecule has 24 heavy (non-hydrogen) atoms.